The van der Waals surface area contributed by atoms with E-state index in [0.717, 1.165) is 9.86 Å². The first-order chi connectivity index (χ1) is 9.79. The van der Waals surface area contributed by atoms with E-state index >= 15 is 0 Å². The van der Waals surface area contributed by atoms with E-state index in [4.69, 9.17) is 5.11 Å². The van der Waals surface area contributed by atoms with Gasteiger partial charge in [-0.05, 0) is 41.9 Å². The summed E-state index contributed by atoms with van der Waals surface area (Å²) in [6, 6.07) is 7.35. The number of carboxylic acids is 1. The van der Waals surface area contributed by atoms with E-state index in [0.29, 0.717) is 11.2 Å². The summed E-state index contributed by atoms with van der Waals surface area (Å²) in [5.41, 5.74) is 0.138. The first-order valence-corrected chi connectivity index (χ1v) is 7.16. The Hall–Kier alpha value is -1.95. The monoisotopic (exact) mass is 350 g/mol. The van der Waals surface area contributed by atoms with Gasteiger partial charge in [-0.25, -0.2) is 0 Å². The lowest BCUT2D eigenvalue weighted by atomic mass is 9.89. The molecule has 0 bridgehead atoms. The summed E-state index contributed by atoms with van der Waals surface area (Å²) in [6.45, 7) is 3.04. The van der Waals surface area contributed by atoms with Crippen LogP contribution in [-0.2, 0) is 9.59 Å². The van der Waals surface area contributed by atoms with Crippen LogP contribution in [-0.4, -0.2) is 22.0 Å². The number of pyridine rings is 1. The molecule has 0 atom stereocenters. The molecule has 1 heterocycles. The molecule has 21 heavy (non-hydrogen) atoms. The number of rotatable bonds is 4. The van der Waals surface area contributed by atoms with Crippen LogP contribution in [0.15, 0.2) is 34.9 Å². The first kappa shape index (κ1) is 15.4. The molecule has 0 saturated carbocycles. The van der Waals surface area contributed by atoms with E-state index in [1.165, 1.54) is 13.8 Å². The molecular formula is C15H15BrN2O3. The zero-order valence-corrected chi connectivity index (χ0v) is 13.3. The van der Waals surface area contributed by atoms with Gasteiger partial charge in [0.25, 0.3) is 0 Å². The molecule has 0 spiro atoms. The first-order valence-electron chi connectivity index (χ1n) is 6.37. The zero-order chi connectivity index (χ0) is 15.6. The van der Waals surface area contributed by atoms with Crippen LogP contribution >= 0.6 is 15.9 Å². The molecule has 1 aromatic heterocycles. The van der Waals surface area contributed by atoms with Crippen molar-refractivity contribution >= 4 is 44.4 Å². The second kappa shape index (κ2) is 5.81. The zero-order valence-electron chi connectivity index (χ0n) is 11.7. The molecule has 1 aromatic carbocycles. The summed E-state index contributed by atoms with van der Waals surface area (Å²) in [4.78, 5) is 27.4. The Morgan fingerprint density at radius 2 is 2.10 bits per heavy atom. The highest BCUT2D eigenvalue weighted by atomic mass is 79.9. The molecule has 0 radical (unpaired) electrons. The van der Waals surface area contributed by atoms with Gasteiger partial charge >= 0.3 is 5.97 Å². The van der Waals surface area contributed by atoms with Gasteiger partial charge in [0.15, 0.2) is 0 Å². The number of halogens is 1. The minimum atomic E-state index is -1.11. The van der Waals surface area contributed by atoms with Crippen molar-refractivity contribution in [1.82, 2.24) is 4.98 Å². The minimum absolute atomic E-state index is 0.102. The maximum Gasteiger partial charge on any atom is 0.309 e. The van der Waals surface area contributed by atoms with Gasteiger partial charge in [-0.3, -0.25) is 14.6 Å². The third-order valence-corrected chi connectivity index (χ3v) is 3.57. The number of hydrogen-bond donors (Lipinski definition) is 2. The topological polar surface area (TPSA) is 79.3 Å². The van der Waals surface area contributed by atoms with Crippen molar-refractivity contribution in [3.05, 3.63) is 34.9 Å². The number of carbonyl (C=O) groups is 2. The fraction of sp³-hybridized carbons (Fsp3) is 0.267. The normalized spacial score (nSPS) is 11.4. The number of anilines is 1. The van der Waals surface area contributed by atoms with Crippen LogP contribution in [0.3, 0.4) is 0 Å². The molecule has 0 aliphatic rings. The summed E-state index contributed by atoms with van der Waals surface area (Å²) in [5, 5.41) is 12.7. The molecule has 0 aliphatic heterocycles. The summed E-state index contributed by atoms with van der Waals surface area (Å²) in [7, 11) is 0. The van der Waals surface area contributed by atoms with E-state index < -0.39 is 11.4 Å². The molecular weight excluding hydrogens is 336 g/mol. The molecule has 2 N–H and O–H groups in total. The van der Waals surface area contributed by atoms with E-state index in [1.54, 1.807) is 12.3 Å². The average molecular weight is 351 g/mol. The lowest BCUT2D eigenvalue weighted by Crippen LogP contribution is -2.29. The number of amides is 1. The van der Waals surface area contributed by atoms with Gasteiger partial charge in [0, 0.05) is 22.5 Å². The van der Waals surface area contributed by atoms with Crippen molar-refractivity contribution in [1.29, 1.82) is 0 Å². The van der Waals surface area contributed by atoms with Crippen LogP contribution in [0.25, 0.3) is 10.9 Å². The van der Waals surface area contributed by atoms with E-state index in [9.17, 15) is 9.59 Å². The minimum Gasteiger partial charge on any atom is -0.481 e. The molecule has 2 aromatic rings. The van der Waals surface area contributed by atoms with Crippen LogP contribution in [0.2, 0.25) is 0 Å². The van der Waals surface area contributed by atoms with Gasteiger partial charge in [0.2, 0.25) is 5.91 Å². The van der Waals surface area contributed by atoms with Gasteiger partial charge in [-0.2, -0.15) is 0 Å². The highest BCUT2D eigenvalue weighted by Crippen LogP contribution is 2.26. The Morgan fingerprint density at radius 3 is 2.76 bits per heavy atom. The number of nitrogens with one attached hydrogen (secondary N) is 1. The number of aromatic nitrogens is 1. The number of carboxylic acid groups (broad SMARTS) is 1. The Morgan fingerprint density at radius 1 is 1.38 bits per heavy atom. The molecule has 110 valence electrons. The fourth-order valence-electron chi connectivity index (χ4n) is 1.91. The Labute approximate surface area is 130 Å². The fourth-order valence-corrected chi connectivity index (χ4v) is 2.26. The van der Waals surface area contributed by atoms with Gasteiger partial charge in [0.05, 0.1) is 16.6 Å². The van der Waals surface area contributed by atoms with Crippen LogP contribution < -0.4 is 5.32 Å². The number of aliphatic carboxylic acids is 1. The van der Waals surface area contributed by atoms with Gasteiger partial charge in [0.1, 0.15) is 0 Å². The SMILES string of the molecule is CC(C)(CC(=O)Nc1cccc2cc(Br)cnc12)C(=O)O. The van der Waals surface area contributed by atoms with Crippen molar-refractivity contribution in [3.63, 3.8) is 0 Å². The van der Waals surface area contributed by atoms with Crippen molar-refractivity contribution in [2.75, 3.05) is 5.32 Å². The molecule has 0 saturated heterocycles. The average Bonchev–Trinajstić information content (AvgIpc) is 2.37. The molecule has 6 heteroatoms. The van der Waals surface area contributed by atoms with E-state index in [-0.39, 0.29) is 12.3 Å². The maximum absolute atomic E-state index is 12.0. The molecule has 0 unspecified atom stereocenters. The molecule has 1 amide bonds. The number of carbonyl (C=O) groups excluding carboxylic acids is 1. The number of benzene rings is 1. The van der Waals surface area contributed by atoms with Gasteiger partial charge in [-0.15, -0.1) is 0 Å². The summed E-state index contributed by atoms with van der Waals surface area (Å²) in [6.07, 6.45) is 1.55. The second-order valence-corrected chi connectivity index (χ2v) is 6.36. The van der Waals surface area contributed by atoms with Gasteiger partial charge < -0.3 is 10.4 Å². The summed E-state index contributed by atoms with van der Waals surface area (Å²) < 4.78 is 0.852. The van der Waals surface area contributed by atoms with Crippen molar-refractivity contribution in [3.8, 4) is 0 Å². The van der Waals surface area contributed by atoms with E-state index in [2.05, 4.69) is 26.2 Å². The Bertz CT molecular complexity index is 713. The van der Waals surface area contributed by atoms with Crippen molar-refractivity contribution in [2.24, 2.45) is 5.41 Å². The third-order valence-electron chi connectivity index (χ3n) is 3.13. The maximum atomic E-state index is 12.0. The lowest BCUT2D eigenvalue weighted by molar-refractivity contribution is -0.148. The van der Waals surface area contributed by atoms with Crippen LogP contribution in [0, 0.1) is 5.41 Å². The van der Waals surface area contributed by atoms with Crippen LogP contribution in [0.4, 0.5) is 5.69 Å². The predicted molar refractivity (Wildman–Crippen MR) is 84.1 cm³/mol. The quantitative estimate of drug-likeness (QED) is 0.885. The standard InChI is InChI=1S/C15H15BrN2O3/c1-15(2,14(20)21)7-12(19)18-11-5-3-4-9-6-10(16)8-17-13(9)11/h3-6,8H,7H2,1-2H3,(H,18,19)(H,20,21). The third kappa shape index (κ3) is 3.58. The summed E-state index contributed by atoms with van der Waals surface area (Å²) in [5.74, 6) is -1.35. The van der Waals surface area contributed by atoms with Crippen molar-refractivity contribution in [2.45, 2.75) is 20.3 Å². The van der Waals surface area contributed by atoms with Gasteiger partial charge in [-0.1, -0.05) is 12.1 Å². The highest BCUT2D eigenvalue weighted by Gasteiger charge is 2.30. The largest absolute Gasteiger partial charge is 0.481 e. The Balaban J connectivity index is 2.24. The molecule has 0 aliphatic carbocycles. The summed E-state index contributed by atoms with van der Waals surface area (Å²) >= 11 is 3.35. The molecule has 5 nitrogen and oxygen atoms in total. The number of hydrogen-bond acceptors (Lipinski definition) is 3. The smallest absolute Gasteiger partial charge is 0.309 e. The highest BCUT2D eigenvalue weighted by molar-refractivity contribution is 9.10. The Kier molecular flexibility index (Phi) is 4.27. The van der Waals surface area contributed by atoms with E-state index in [1.807, 2.05) is 18.2 Å². The van der Waals surface area contributed by atoms with Crippen LogP contribution in [0.5, 0.6) is 0 Å². The molecule has 2 rings (SSSR count). The number of fused-ring (bicyclic) bond motifs is 1. The molecule has 0 fully saturated rings. The van der Waals surface area contributed by atoms with Crippen LogP contribution in [0.1, 0.15) is 20.3 Å². The lowest BCUT2D eigenvalue weighted by Gasteiger charge is -2.18. The number of nitrogens with zero attached hydrogens (tertiary/aromatic N) is 1. The predicted octanol–water partition coefficient (Wildman–Crippen LogP) is 3.44. The number of para-hydroxylation sites is 1. The second-order valence-electron chi connectivity index (χ2n) is 5.44. The van der Waals surface area contributed by atoms with Crippen molar-refractivity contribution < 1.29 is 14.7 Å².